The minimum atomic E-state index is -1.12. The normalized spacial score (nSPS) is 18.5. The smallest absolute Gasteiger partial charge is 0.190 e. The highest BCUT2D eigenvalue weighted by molar-refractivity contribution is 6.26. The molecular weight excluding hydrogens is 296 g/mol. The molecular formula is C17H20N2O4. The summed E-state index contributed by atoms with van der Waals surface area (Å²) in [5.74, 6) is -1.08. The molecule has 1 unspecified atom stereocenters. The van der Waals surface area contributed by atoms with Crippen LogP contribution in [0.3, 0.4) is 0 Å². The third-order valence-corrected chi connectivity index (χ3v) is 4.12. The molecule has 23 heavy (non-hydrogen) atoms. The van der Waals surface area contributed by atoms with E-state index >= 15 is 0 Å². The lowest BCUT2D eigenvalue weighted by molar-refractivity contribution is -0.123. The molecule has 6 heteroatoms. The number of hydrogen-bond donors (Lipinski definition) is 3. The van der Waals surface area contributed by atoms with Crippen LogP contribution in [0.25, 0.3) is 0 Å². The van der Waals surface area contributed by atoms with Crippen LogP contribution < -0.4 is 11.5 Å². The molecule has 0 aliphatic heterocycles. The van der Waals surface area contributed by atoms with Gasteiger partial charge in [0.2, 0.25) is 0 Å². The molecule has 3 atom stereocenters. The molecule has 1 aromatic rings. The van der Waals surface area contributed by atoms with E-state index in [1.807, 2.05) is 0 Å². The number of carbonyl (C=O) groups excluding carboxylic acids is 3. The Hall–Kier alpha value is -2.15. The Bertz CT molecular complexity index is 706. The van der Waals surface area contributed by atoms with Crippen molar-refractivity contribution in [3.05, 3.63) is 46.5 Å². The van der Waals surface area contributed by atoms with E-state index in [0.717, 1.165) is 0 Å². The molecule has 0 radical (unpaired) electrons. The number of Topliss-reactive ketones (excluding diaryl/α,β-unsaturated/α-hetero) is 3. The Morgan fingerprint density at radius 2 is 1.65 bits per heavy atom. The first kappa shape index (κ1) is 17.2. The fourth-order valence-corrected chi connectivity index (χ4v) is 2.60. The molecule has 0 saturated heterocycles. The van der Waals surface area contributed by atoms with Crippen molar-refractivity contribution < 1.29 is 19.5 Å². The van der Waals surface area contributed by atoms with Crippen LogP contribution in [-0.2, 0) is 4.79 Å². The zero-order valence-electron chi connectivity index (χ0n) is 13.1. The highest BCUT2D eigenvalue weighted by Gasteiger charge is 2.33. The summed E-state index contributed by atoms with van der Waals surface area (Å²) in [6.07, 6.45) is -1.11. The standard InChI is InChI=1S/C17H20N2O4/c1-8-12(7-13(18)17(23)14(19)9(2)20)16(22)11-6-4-3-5-10(11)15(8)21/h3-6,9,13-14,20H,7,18-19H2,1-2H3/t9-,13?,14+/m1/s1. The van der Waals surface area contributed by atoms with Crippen LogP contribution in [0.15, 0.2) is 35.4 Å². The first-order chi connectivity index (χ1) is 10.8. The van der Waals surface area contributed by atoms with Crippen LogP contribution in [0.2, 0.25) is 0 Å². The number of ketones is 3. The maximum absolute atomic E-state index is 12.6. The molecule has 1 aliphatic carbocycles. The fourth-order valence-electron chi connectivity index (χ4n) is 2.60. The largest absolute Gasteiger partial charge is 0.391 e. The van der Waals surface area contributed by atoms with Gasteiger partial charge in [0.15, 0.2) is 17.3 Å². The zero-order chi connectivity index (χ0) is 17.3. The van der Waals surface area contributed by atoms with Gasteiger partial charge in [-0.3, -0.25) is 14.4 Å². The van der Waals surface area contributed by atoms with E-state index in [1.165, 1.54) is 6.92 Å². The van der Waals surface area contributed by atoms with E-state index in [-0.39, 0.29) is 23.6 Å². The number of nitrogens with two attached hydrogens (primary N) is 2. The quantitative estimate of drug-likeness (QED) is 0.721. The van der Waals surface area contributed by atoms with Gasteiger partial charge in [0, 0.05) is 22.3 Å². The van der Waals surface area contributed by atoms with E-state index in [4.69, 9.17) is 11.5 Å². The zero-order valence-corrected chi connectivity index (χ0v) is 13.1. The van der Waals surface area contributed by atoms with Gasteiger partial charge in [-0.25, -0.2) is 0 Å². The van der Waals surface area contributed by atoms with E-state index in [9.17, 15) is 19.5 Å². The van der Waals surface area contributed by atoms with Crippen molar-refractivity contribution >= 4 is 17.3 Å². The molecule has 1 aliphatic rings. The second-order valence-corrected chi connectivity index (χ2v) is 5.79. The Kier molecular flexibility index (Phi) is 4.89. The second kappa shape index (κ2) is 6.54. The van der Waals surface area contributed by atoms with Crippen molar-refractivity contribution in [3.8, 4) is 0 Å². The topological polar surface area (TPSA) is 123 Å². The summed E-state index contributed by atoms with van der Waals surface area (Å²) in [5, 5.41) is 9.39. The predicted molar refractivity (Wildman–Crippen MR) is 85.1 cm³/mol. The van der Waals surface area contributed by atoms with Crippen molar-refractivity contribution in [1.29, 1.82) is 0 Å². The number of hydrogen-bond acceptors (Lipinski definition) is 6. The van der Waals surface area contributed by atoms with Crippen molar-refractivity contribution in [2.45, 2.75) is 38.5 Å². The average molecular weight is 316 g/mol. The second-order valence-electron chi connectivity index (χ2n) is 5.79. The number of rotatable bonds is 5. The summed E-state index contributed by atoms with van der Waals surface area (Å²) >= 11 is 0. The van der Waals surface area contributed by atoms with Gasteiger partial charge >= 0.3 is 0 Å². The number of fused-ring (bicyclic) bond motifs is 1. The van der Waals surface area contributed by atoms with E-state index in [1.54, 1.807) is 31.2 Å². The Morgan fingerprint density at radius 1 is 1.13 bits per heavy atom. The van der Waals surface area contributed by atoms with Crippen molar-refractivity contribution in [2.24, 2.45) is 11.5 Å². The summed E-state index contributed by atoms with van der Waals surface area (Å²) in [6.45, 7) is 2.95. The van der Waals surface area contributed by atoms with Crippen LogP contribution in [0.5, 0.6) is 0 Å². The first-order valence-electron chi connectivity index (χ1n) is 7.36. The van der Waals surface area contributed by atoms with Gasteiger partial charge in [-0.15, -0.1) is 0 Å². The van der Waals surface area contributed by atoms with Gasteiger partial charge in [0.1, 0.15) is 0 Å². The van der Waals surface area contributed by atoms with Crippen molar-refractivity contribution in [3.63, 3.8) is 0 Å². The van der Waals surface area contributed by atoms with Crippen LogP contribution in [0.1, 0.15) is 41.0 Å². The molecule has 0 heterocycles. The average Bonchev–Trinajstić information content (AvgIpc) is 2.54. The van der Waals surface area contributed by atoms with E-state index in [2.05, 4.69) is 0 Å². The Labute approximate surface area is 134 Å². The summed E-state index contributed by atoms with van der Waals surface area (Å²) < 4.78 is 0. The van der Waals surface area contributed by atoms with Gasteiger partial charge in [-0.2, -0.15) is 0 Å². The fraction of sp³-hybridized carbons (Fsp3) is 0.353. The molecule has 122 valence electrons. The first-order valence-corrected chi connectivity index (χ1v) is 7.36. The molecule has 5 N–H and O–H groups in total. The molecule has 2 rings (SSSR count). The number of aliphatic hydroxyl groups excluding tert-OH is 1. The number of carbonyl (C=O) groups is 3. The minimum absolute atomic E-state index is 0.0794. The molecule has 1 aromatic carbocycles. The van der Waals surface area contributed by atoms with Gasteiger partial charge in [0.25, 0.3) is 0 Å². The van der Waals surface area contributed by atoms with Gasteiger partial charge < -0.3 is 16.6 Å². The number of allylic oxidation sites excluding steroid dienone is 1. The van der Waals surface area contributed by atoms with Gasteiger partial charge in [-0.1, -0.05) is 24.3 Å². The van der Waals surface area contributed by atoms with Crippen molar-refractivity contribution in [2.75, 3.05) is 0 Å². The predicted octanol–water partition coefficient (Wildman–Crippen LogP) is 0.377. The van der Waals surface area contributed by atoms with E-state index in [0.29, 0.717) is 16.7 Å². The van der Waals surface area contributed by atoms with Crippen LogP contribution in [0, 0.1) is 0 Å². The van der Waals surface area contributed by atoms with Crippen LogP contribution >= 0.6 is 0 Å². The van der Waals surface area contributed by atoms with Crippen LogP contribution in [0.4, 0.5) is 0 Å². The molecule has 0 fully saturated rings. The maximum atomic E-state index is 12.6. The minimum Gasteiger partial charge on any atom is -0.391 e. The van der Waals surface area contributed by atoms with Gasteiger partial charge in [-0.05, 0) is 20.3 Å². The Balaban J connectivity index is 2.30. The molecule has 6 nitrogen and oxygen atoms in total. The highest BCUT2D eigenvalue weighted by atomic mass is 16.3. The molecule has 0 aromatic heterocycles. The SMILES string of the molecule is CC1=C(CC(N)C(=O)[C@@H](N)[C@@H](C)O)C(=O)c2ccccc2C1=O. The molecule has 0 bridgehead atoms. The molecule has 0 amide bonds. The van der Waals surface area contributed by atoms with Gasteiger partial charge in [0.05, 0.1) is 18.2 Å². The maximum Gasteiger partial charge on any atom is 0.190 e. The number of aliphatic hydroxyl groups is 1. The number of benzene rings is 1. The van der Waals surface area contributed by atoms with E-state index < -0.39 is 24.0 Å². The summed E-state index contributed by atoms with van der Waals surface area (Å²) in [6, 6.07) is 4.39. The monoisotopic (exact) mass is 316 g/mol. The molecule has 0 spiro atoms. The third kappa shape index (κ3) is 3.14. The highest BCUT2D eigenvalue weighted by Crippen LogP contribution is 2.28. The molecule has 0 saturated carbocycles. The summed E-state index contributed by atoms with van der Waals surface area (Å²) in [5.41, 5.74) is 12.6. The lowest BCUT2D eigenvalue weighted by atomic mass is 9.81. The Morgan fingerprint density at radius 3 is 2.17 bits per heavy atom. The lowest BCUT2D eigenvalue weighted by Crippen LogP contribution is -2.49. The summed E-state index contributed by atoms with van der Waals surface area (Å²) in [7, 11) is 0. The van der Waals surface area contributed by atoms with Crippen molar-refractivity contribution in [1.82, 2.24) is 0 Å². The lowest BCUT2D eigenvalue weighted by Gasteiger charge is -2.23. The summed E-state index contributed by atoms with van der Waals surface area (Å²) in [4.78, 5) is 37.0. The van der Waals surface area contributed by atoms with Crippen LogP contribution in [-0.4, -0.2) is 40.6 Å². The third-order valence-electron chi connectivity index (χ3n) is 4.12.